The van der Waals surface area contributed by atoms with Crippen molar-refractivity contribution in [3.8, 4) is 0 Å². The van der Waals surface area contributed by atoms with Gasteiger partial charge in [0.15, 0.2) is 0 Å². The average Bonchev–Trinajstić information content (AvgIpc) is 2.38. The lowest BCUT2D eigenvalue weighted by atomic mass is 9.79. The molecule has 1 N–H and O–H groups in total. The first-order valence-corrected chi connectivity index (χ1v) is 8.07. The van der Waals surface area contributed by atoms with E-state index in [4.69, 9.17) is 9.47 Å². The molecule has 2 rings (SSSR count). The highest BCUT2D eigenvalue weighted by Crippen LogP contribution is 2.39. The van der Waals surface area contributed by atoms with Gasteiger partial charge < -0.3 is 14.6 Å². The summed E-state index contributed by atoms with van der Waals surface area (Å²) in [4.78, 5) is 0. The van der Waals surface area contributed by atoms with Crippen LogP contribution in [0.1, 0.15) is 59.8 Å². The van der Waals surface area contributed by atoms with E-state index in [1.807, 2.05) is 0 Å². The molecule has 2 saturated heterocycles. The number of aliphatic hydroxyl groups is 1. The first-order chi connectivity index (χ1) is 9.08. The molecule has 0 bridgehead atoms. The molecule has 0 radical (unpaired) electrons. The van der Waals surface area contributed by atoms with Crippen molar-refractivity contribution < 1.29 is 14.6 Å². The minimum atomic E-state index is -0.378. The van der Waals surface area contributed by atoms with E-state index in [9.17, 15) is 5.11 Å². The van der Waals surface area contributed by atoms with E-state index in [-0.39, 0.29) is 30.3 Å². The van der Waals surface area contributed by atoms with E-state index < -0.39 is 0 Å². The van der Waals surface area contributed by atoms with Gasteiger partial charge in [0, 0.05) is 5.92 Å². The summed E-state index contributed by atoms with van der Waals surface area (Å²) in [6.07, 6.45) is 5.57. The maximum Gasteiger partial charge on any atom is 0.0891 e. The monoisotopic (exact) mass is 270 g/mol. The number of rotatable bonds is 4. The molecule has 0 amide bonds. The minimum absolute atomic E-state index is 0.000208. The van der Waals surface area contributed by atoms with Gasteiger partial charge in [-0.2, -0.15) is 0 Å². The Morgan fingerprint density at radius 2 is 1.63 bits per heavy atom. The lowest BCUT2D eigenvalue weighted by Crippen LogP contribution is -2.58. The number of aliphatic hydroxyl groups excluding tert-OH is 1. The molecule has 3 nitrogen and oxygen atoms in total. The van der Waals surface area contributed by atoms with Crippen LogP contribution in [0, 0.1) is 11.8 Å². The Morgan fingerprint density at radius 3 is 2.26 bits per heavy atom. The van der Waals surface area contributed by atoms with Crippen LogP contribution in [0.3, 0.4) is 0 Å². The van der Waals surface area contributed by atoms with Gasteiger partial charge in [0.05, 0.1) is 30.5 Å². The molecule has 19 heavy (non-hydrogen) atoms. The second-order valence-corrected chi connectivity index (χ2v) is 6.49. The fourth-order valence-corrected chi connectivity index (χ4v) is 3.67. The highest BCUT2D eigenvalue weighted by atomic mass is 16.6. The number of hydrogen-bond acceptors (Lipinski definition) is 3. The van der Waals surface area contributed by atoms with Crippen LogP contribution in [-0.2, 0) is 9.47 Å². The van der Waals surface area contributed by atoms with Crippen molar-refractivity contribution in [3.05, 3.63) is 0 Å². The Kier molecular flexibility index (Phi) is 5.27. The summed E-state index contributed by atoms with van der Waals surface area (Å²) in [6.45, 7) is 8.73. The first-order valence-electron chi connectivity index (χ1n) is 8.07. The molecule has 0 aromatic carbocycles. The first kappa shape index (κ1) is 15.3. The highest BCUT2D eigenvalue weighted by molar-refractivity contribution is 4.95. The number of fused-ring (bicyclic) bond motifs is 1. The Labute approximate surface area is 117 Å². The summed E-state index contributed by atoms with van der Waals surface area (Å²) in [7, 11) is 0. The maximum absolute atomic E-state index is 10.4. The summed E-state index contributed by atoms with van der Waals surface area (Å²) < 4.78 is 12.4. The molecule has 0 unspecified atom stereocenters. The lowest BCUT2D eigenvalue weighted by Gasteiger charge is -2.49. The fourth-order valence-electron chi connectivity index (χ4n) is 3.67. The van der Waals surface area contributed by atoms with Gasteiger partial charge in [0.1, 0.15) is 0 Å². The van der Waals surface area contributed by atoms with Gasteiger partial charge in [-0.1, -0.05) is 40.5 Å². The Balaban J connectivity index is 2.04. The molecular formula is C16H30O3. The van der Waals surface area contributed by atoms with Gasteiger partial charge in [0.2, 0.25) is 0 Å². The van der Waals surface area contributed by atoms with E-state index in [0.717, 1.165) is 32.1 Å². The minimum Gasteiger partial charge on any atom is -0.390 e. The van der Waals surface area contributed by atoms with Crippen LogP contribution in [0.15, 0.2) is 0 Å². The largest absolute Gasteiger partial charge is 0.390 e. The molecule has 0 saturated carbocycles. The zero-order valence-electron chi connectivity index (χ0n) is 12.8. The lowest BCUT2D eigenvalue weighted by molar-refractivity contribution is -0.255. The predicted molar refractivity (Wildman–Crippen MR) is 76.1 cm³/mol. The van der Waals surface area contributed by atoms with Crippen molar-refractivity contribution >= 4 is 0 Å². The van der Waals surface area contributed by atoms with Gasteiger partial charge in [-0.25, -0.2) is 0 Å². The van der Waals surface area contributed by atoms with Gasteiger partial charge >= 0.3 is 0 Å². The van der Waals surface area contributed by atoms with E-state index in [1.165, 1.54) is 0 Å². The van der Waals surface area contributed by atoms with Crippen molar-refractivity contribution in [2.24, 2.45) is 11.8 Å². The molecule has 2 heterocycles. The molecule has 0 aromatic heterocycles. The summed E-state index contributed by atoms with van der Waals surface area (Å²) in [6, 6.07) is 0. The third kappa shape index (κ3) is 3.14. The van der Waals surface area contributed by atoms with Gasteiger partial charge in [-0.15, -0.1) is 0 Å². The Bertz CT molecular complexity index is 281. The van der Waals surface area contributed by atoms with Gasteiger partial charge in [-0.3, -0.25) is 0 Å². The second-order valence-electron chi connectivity index (χ2n) is 6.49. The smallest absolute Gasteiger partial charge is 0.0891 e. The third-order valence-corrected chi connectivity index (χ3v) is 4.87. The van der Waals surface area contributed by atoms with Crippen molar-refractivity contribution in [2.75, 3.05) is 0 Å². The van der Waals surface area contributed by atoms with E-state index in [2.05, 4.69) is 27.7 Å². The molecule has 112 valence electrons. The van der Waals surface area contributed by atoms with Crippen LogP contribution < -0.4 is 0 Å². The van der Waals surface area contributed by atoms with E-state index in [1.54, 1.807) is 0 Å². The van der Waals surface area contributed by atoms with Crippen molar-refractivity contribution in [1.82, 2.24) is 0 Å². The number of hydrogen-bond donors (Lipinski definition) is 1. The topological polar surface area (TPSA) is 38.7 Å². The maximum atomic E-state index is 10.4. The zero-order valence-corrected chi connectivity index (χ0v) is 12.8. The Morgan fingerprint density at radius 1 is 1.00 bits per heavy atom. The highest BCUT2D eigenvalue weighted by Gasteiger charge is 2.47. The molecule has 0 aromatic rings. The molecule has 2 aliphatic rings. The van der Waals surface area contributed by atoms with Gasteiger partial charge in [0.25, 0.3) is 0 Å². The normalized spacial score (nSPS) is 46.9. The molecule has 0 spiro atoms. The van der Waals surface area contributed by atoms with Gasteiger partial charge in [-0.05, 0) is 25.2 Å². The molecule has 0 aliphatic carbocycles. The SMILES string of the molecule is CCC[C@@H]1O[C@H]2C[C@@H](C)[C@@H](CCC)O[C@H]2[C@H](C)[C@H]1O. The summed E-state index contributed by atoms with van der Waals surface area (Å²) >= 11 is 0. The molecule has 2 fully saturated rings. The summed E-state index contributed by atoms with van der Waals surface area (Å²) in [5.74, 6) is 0.744. The van der Waals surface area contributed by atoms with Crippen LogP contribution >= 0.6 is 0 Å². The number of ether oxygens (including phenoxy) is 2. The van der Waals surface area contributed by atoms with Crippen LogP contribution in [0.25, 0.3) is 0 Å². The fraction of sp³-hybridized carbons (Fsp3) is 1.00. The van der Waals surface area contributed by atoms with Crippen molar-refractivity contribution in [3.63, 3.8) is 0 Å². The van der Waals surface area contributed by atoms with Crippen LogP contribution in [-0.4, -0.2) is 35.6 Å². The van der Waals surface area contributed by atoms with E-state index in [0.29, 0.717) is 12.0 Å². The van der Waals surface area contributed by atoms with Crippen molar-refractivity contribution in [2.45, 2.75) is 90.3 Å². The van der Waals surface area contributed by atoms with Crippen molar-refractivity contribution in [1.29, 1.82) is 0 Å². The molecular weight excluding hydrogens is 240 g/mol. The predicted octanol–water partition coefficient (Wildman–Crippen LogP) is 3.14. The average molecular weight is 270 g/mol. The second kappa shape index (κ2) is 6.55. The summed E-state index contributed by atoms with van der Waals surface area (Å²) in [5, 5.41) is 10.4. The molecule has 3 heteroatoms. The zero-order chi connectivity index (χ0) is 14.0. The van der Waals surface area contributed by atoms with Crippen LogP contribution in [0.2, 0.25) is 0 Å². The molecule has 7 atom stereocenters. The van der Waals surface area contributed by atoms with E-state index >= 15 is 0 Å². The Hall–Kier alpha value is -0.120. The van der Waals surface area contributed by atoms with Crippen LogP contribution in [0.5, 0.6) is 0 Å². The standard InChI is InChI=1S/C16H30O3/c1-5-7-12-10(3)9-14-16(19-12)11(4)15(17)13(18-14)8-6-2/h10-17H,5-9H2,1-4H3/t10-,11-,12-,13+,14+,15-,16+/m1/s1. The third-order valence-electron chi connectivity index (χ3n) is 4.87. The van der Waals surface area contributed by atoms with Crippen LogP contribution in [0.4, 0.5) is 0 Å². The summed E-state index contributed by atoms with van der Waals surface area (Å²) in [5.41, 5.74) is 0. The molecule has 2 aliphatic heterocycles. The quantitative estimate of drug-likeness (QED) is 0.853.